The molecule has 1 fully saturated rings. The Balaban J connectivity index is 2.39. The number of nitrogens with two attached hydrogens (primary N) is 1. The maximum atomic E-state index is 12.4. The van der Waals surface area contributed by atoms with E-state index in [2.05, 4.69) is 0 Å². The van der Waals surface area contributed by atoms with Gasteiger partial charge in [0.25, 0.3) is 0 Å². The molecule has 0 spiro atoms. The van der Waals surface area contributed by atoms with Gasteiger partial charge in [0.05, 0.1) is 5.92 Å². The van der Waals surface area contributed by atoms with Gasteiger partial charge in [-0.25, -0.2) is 5.84 Å². The van der Waals surface area contributed by atoms with Gasteiger partial charge < -0.3 is 4.90 Å². The van der Waals surface area contributed by atoms with Crippen LogP contribution in [0.4, 0.5) is 13.2 Å². The molecule has 17 heavy (non-hydrogen) atoms. The second-order valence-corrected chi connectivity index (χ2v) is 4.47. The zero-order chi connectivity index (χ0) is 13.1. The molecule has 0 bridgehead atoms. The lowest BCUT2D eigenvalue weighted by Gasteiger charge is -2.36. The first-order chi connectivity index (χ1) is 7.84. The predicted molar refractivity (Wildman–Crippen MR) is 56.8 cm³/mol. The average molecular weight is 253 g/mol. The number of halogens is 3. The zero-order valence-electron chi connectivity index (χ0n) is 9.76. The van der Waals surface area contributed by atoms with Gasteiger partial charge in [-0.15, -0.1) is 0 Å². The minimum absolute atomic E-state index is 0.0762. The van der Waals surface area contributed by atoms with E-state index >= 15 is 0 Å². The van der Waals surface area contributed by atoms with Crippen LogP contribution in [0.15, 0.2) is 0 Å². The standard InChI is InChI=1S/C10H18F3N3O/c1-7(6-9(17)15-14)16-4-2-8(3-5-16)10(11,12)13/h7-8H,2-6,14H2,1H3,(H,15,17). The molecule has 3 N–H and O–H groups in total. The fraction of sp³-hybridized carbons (Fsp3) is 0.900. The van der Waals surface area contributed by atoms with Crippen LogP contribution in [0.5, 0.6) is 0 Å². The molecule has 0 saturated carbocycles. The zero-order valence-corrected chi connectivity index (χ0v) is 9.76. The SMILES string of the molecule is CC(CC(=O)NN)N1CCC(C(F)(F)F)CC1. The van der Waals surface area contributed by atoms with E-state index in [-0.39, 0.29) is 31.2 Å². The van der Waals surface area contributed by atoms with Crippen LogP contribution in [0.3, 0.4) is 0 Å². The molecule has 1 amide bonds. The molecule has 1 saturated heterocycles. The summed E-state index contributed by atoms with van der Waals surface area (Å²) in [4.78, 5) is 12.9. The van der Waals surface area contributed by atoms with Gasteiger partial charge in [-0.3, -0.25) is 10.2 Å². The van der Waals surface area contributed by atoms with Crippen LogP contribution in [0.1, 0.15) is 26.2 Å². The molecule has 7 heteroatoms. The third-order valence-electron chi connectivity index (χ3n) is 3.26. The predicted octanol–water partition coefficient (Wildman–Crippen LogP) is 1.03. The Kier molecular flexibility index (Phi) is 4.76. The molecule has 0 aromatic rings. The molecule has 4 nitrogen and oxygen atoms in total. The number of amides is 1. The van der Waals surface area contributed by atoms with Gasteiger partial charge in [0, 0.05) is 12.5 Å². The Morgan fingerprint density at radius 2 is 2.00 bits per heavy atom. The summed E-state index contributed by atoms with van der Waals surface area (Å²) < 4.78 is 37.3. The van der Waals surface area contributed by atoms with Crippen LogP contribution in [0, 0.1) is 5.92 Å². The van der Waals surface area contributed by atoms with E-state index in [1.807, 2.05) is 17.2 Å². The van der Waals surface area contributed by atoms with Gasteiger partial charge in [0.2, 0.25) is 5.91 Å². The fourth-order valence-corrected chi connectivity index (χ4v) is 2.12. The number of rotatable bonds is 3. The number of nitrogens with zero attached hydrogens (tertiary/aromatic N) is 1. The molecule has 1 atom stereocenters. The second kappa shape index (κ2) is 5.68. The summed E-state index contributed by atoms with van der Waals surface area (Å²) in [6, 6.07) is -0.0762. The molecule has 0 aromatic heterocycles. The number of carbonyl (C=O) groups is 1. The molecule has 0 radical (unpaired) electrons. The summed E-state index contributed by atoms with van der Waals surface area (Å²) in [5, 5.41) is 0. The molecule has 0 aliphatic carbocycles. The highest BCUT2D eigenvalue weighted by atomic mass is 19.4. The van der Waals surface area contributed by atoms with Crippen molar-refractivity contribution in [2.45, 2.75) is 38.4 Å². The topological polar surface area (TPSA) is 58.4 Å². The van der Waals surface area contributed by atoms with Crippen molar-refractivity contribution in [3.05, 3.63) is 0 Å². The third kappa shape index (κ3) is 4.16. The summed E-state index contributed by atoms with van der Waals surface area (Å²) in [5.74, 6) is 3.47. The molecular formula is C10H18F3N3O. The maximum Gasteiger partial charge on any atom is 0.391 e. The Labute approximate surface area is 98.3 Å². The van der Waals surface area contributed by atoms with Gasteiger partial charge in [-0.05, 0) is 32.9 Å². The van der Waals surface area contributed by atoms with Crippen molar-refractivity contribution >= 4 is 5.91 Å². The molecular weight excluding hydrogens is 235 g/mol. The fourth-order valence-electron chi connectivity index (χ4n) is 2.12. The molecule has 1 unspecified atom stereocenters. The van der Waals surface area contributed by atoms with Crippen molar-refractivity contribution in [3.8, 4) is 0 Å². The minimum Gasteiger partial charge on any atom is -0.300 e. The van der Waals surface area contributed by atoms with E-state index in [9.17, 15) is 18.0 Å². The van der Waals surface area contributed by atoms with E-state index in [0.29, 0.717) is 13.1 Å². The number of likely N-dealkylation sites (tertiary alicyclic amines) is 1. The Hall–Kier alpha value is -0.820. The van der Waals surface area contributed by atoms with Crippen molar-refractivity contribution in [1.82, 2.24) is 10.3 Å². The second-order valence-electron chi connectivity index (χ2n) is 4.47. The molecule has 1 rings (SSSR count). The number of hydrazine groups is 1. The Morgan fingerprint density at radius 1 is 1.47 bits per heavy atom. The summed E-state index contributed by atoms with van der Waals surface area (Å²) in [6.45, 7) is 2.58. The highest BCUT2D eigenvalue weighted by Crippen LogP contribution is 2.34. The summed E-state index contributed by atoms with van der Waals surface area (Å²) in [7, 11) is 0. The van der Waals surface area contributed by atoms with Crippen molar-refractivity contribution in [2.24, 2.45) is 11.8 Å². The molecule has 1 aliphatic heterocycles. The maximum absolute atomic E-state index is 12.4. The van der Waals surface area contributed by atoms with Crippen molar-refractivity contribution in [2.75, 3.05) is 13.1 Å². The average Bonchev–Trinajstić information content (AvgIpc) is 2.27. The van der Waals surface area contributed by atoms with Crippen molar-refractivity contribution in [1.29, 1.82) is 0 Å². The van der Waals surface area contributed by atoms with E-state index < -0.39 is 12.1 Å². The van der Waals surface area contributed by atoms with Gasteiger partial charge in [0.15, 0.2) is 0 Å². The third-order valence-corrected chi connectivity index (χ3v) is 3.26. The molecule has 100 valence electrons. The minimum atomic E-state index is -4.09. The van der Waals surface area contributed by atoms with Crippen molar-refractivity contribution in [3.63, 3.8) is 0 Å². The van der Waals surface area contributed by atoms with Gasteiger partial charge >= 0.3 is 6.18 Å². The first kappa shape index (κ1) is 14.2. The van der Waals surface area contributed by atoms with Crippen LogP contribution in [-0.2, 0) is 4.79 Å². The summed E-state index contributed by atoms with van der Waals surface area (Å²) in [5.41, 5.74) is 2.02. The Morgan fingerprint density at radius 3 is 2.41 bits per heavy atom. The highest BCUT2D eigenvalue weighted by molar-refractivity contribution is 5.75. The monoisotopic (exact) mass is 253 g/mol. The number of piperidine rings is 1. The van der Waals surface area contributed by atoms with Gasteiger partial charge in [0.1, 0.15) is 0 Å². The van der Waals surface area contributed by atoms with Crippen LogP contribution in [0.2, 0.25) is 0 Å². The lowest BCUT2D eigenvalue weighted by atomic mass is 9.95. The van der Waals surface area contributed by atoms with E-state index in [1.165, 1.54) is 0 Å². The summed E-state index contributed by atoms with van der Waals surface area (Å²) in [6.07, 6.45) is -3.66. The van der Waals surface area contributed by atoms with Gasteiger partial charge in [-0.1, -0.05) is 0 Å². The Bertz CT molecular complexity index is 262. The number of hydrogen-bond donors (Lipinski definition) is 2. The lowest BCUT2D eigenvalue weighted by molar-refractivity contribution is -0.186. The van der Waals surface area contributed by atoms with E-state index in [0.717, 1.165) is 0 Å². The van der Waals surface area contributed by atoms with E-state index in [1.54, 1.807) is 0 Å². The number of nitrogens with one attached hydrogen (secondary N) is 1. The first-order valence-electron chi connectivity index (χ1n) is 5.64. The first-order valence-corrected chi connectivity index (χ1v) is 5.64. The number of hydrogen-bond acceptors (Lipinski definition) is 3. The number of carbonyl (C=O) groups excluding carboxylic acids is 1. The van der Waals surface area contributed by atoms with E-state index in [4.69, 9.17) is 5.84 Å². The highest BCUT2D eigenvalue weighted by Gasteiger charge is 2.41. The van der Waals surface area contributed by atoms with Crippen LogP contribution in [-0.4, -0.2) is 36.1 Å². The number of alkyl halides is 3. The van der Waals surface area contributed by atoms with Crippen LogP contribution >= 0.6 is 0 Å². The largest absolute Gasteiger partial charge is 0.391 e. The summed E-state index contributed by atoms with van der Waals surface area (Å²) >= 11 is 0. The molecule has 1 heterocycles. The molecule has 0 aromatic carbocycles. The lowest BCUT2D eigenvalue weighted by Crippen LogP contribution is -2.45. The van der Waals surface area contributed by atoms with Crippen molar-refractivity contribution < 1.29 is 18.0 Å². The quantitative estimate of drug-likeness (QED) is 0.448. The normalized spacial score (nSPS) is 21.2. The van der Waals surface area contributed by atoms with Crippen LogP contribution in [0.25, 0.3) is 0 Å². The van der Waals surface area contributed by atoms with Crippen LogP contribution < -0.4 is 11.3 Å². The van der Waals surface area contributed by atoms with Gasteiger partial charge in [-0.2, -0.15) is 13.2 Å². The smallest absolute Gasteiger partial charge is 0.300 e. The molecule has 1 aliphatic rings.